The Kier molecular flexibility index (Phi) is 3.65. The van der Waals surface area contributed by atoms with Crippen molar-refractivity contribution in [3.05, 3.63) is 42.0 Å². The number of aromatic hydroxyl groups is 1. The van der Waals surface area contributed by atoms with Crippen molar-refractivity contribution >= 4 is 22.3 Å². The van der Waals surface area contributed by atoms with Crippen LogP contribution in [-0.2, 0) is 0 Å². The van der Waals surface area contributed by atoms with Crippen LogP contribution in [0.5, 0.6) is 5.75 Å². The molecule has 0 saturated carbocycles. The molecule has 0 spiro atoms. The lowest BCUT2D eigenvalue weighted by Crippen LogP contribution is -2.20. The summed E-state index contributed by atoms with van der Waals surface area (Å²) in [5.74, 6) is -0.0359. The van der Waals surface area contributed by atoms with Crippen LogP contribution in [0, 0.1) is 11.3 Å². The summed E-state index contributed by atoms with van der Waals surface area (Å²) in [7, 11) is 0. The second kappa shape index (κ2) is 5.22. The van der Waals surface area contributed by atoms with Gasteiger partial charge in [-0.05, 0) is 35.4 Å². The third-order valence-corrected chi connectivity index (χ3v) is 3.44. The number of Topliss-reactive ketones (excluding diaryl/α,β-unsaturated/α-hetero) is 1. The second-order valence-corrected chi connectivity index (χ2v) is 4.80. The van der Waals surface area contributed by atoms with Crippen LogP contribution in [0.3, 0.4) is 0 Å². The first-order valence-corrected chi connectivity index (χ1v) is 6.39. The van der Waals surface area contributed by atoms with E-state index in [9.17, 15) is 9.90 Å². The minimum Gasteiger partial charge on any atom is -0.508 e. The molecule has 2 N–H and O–H groups in total. The highest BCUT2D eigenvalue weighted by molar-refractivity contribution is 6.45. The molecule has 0 saturated heterocycles. The Bertz CT molecular complexity index is 646. The number of phenolic OH excluding ortho intramolecular Hbond substituents is 1. The molecule has 0 aliphatic heterocycles. The van der Waals surface area contributed by atoms with Gasteiger partial charge in [0.1, 0.15) is 5.75 Å². The number of carbonyl (C=O) groups excluding carboxylic acids is 1. The first-order valence-electron chi connectivity index (χ1n) is 6.39. The molecule has 1 unspecified atom stereocenters. The zero-order chi connectivity index (χ0) is 14.0. The molecule has 98 valence electrons. The largest absolute Gasteiger partial charge is 0.508 e. The van der Waals surface area contributed by atoms with Crippen LogP contribution in [0.25, 0.3) is 10.8 Å². The molecule has 0 aromatic heterocycles. The van der Waals surface area contributed by atoms with E-state index in [1.54, 1.807) is 36.4 Å². The average molecular weight is 255 g/mol. The van der Waals surface area contributed by atoms with Crippen LogP contribution in [0.4, 0.5) is 0 Å². The maximum absolute atomic E-state index is 12.2. The van der Waals surface area contributed by atoms with E-state index in [1.165, 1.54) is 0 Å². The summed E-state index contributed by atoms with van der Waals surface area (Å²) in [6.07, 6.45) is 0.784. The minimum absolute atomic E-state index is 0.0250. The lowest BCUT2D eigenvalue weighted by atomic mass is 9.94. The predicted octanol–water partition coefficient (Wildman–Crippen LogP) is 3.79. The Morgan fingerprint density at radius 3 is 2.53 bits per heavy atom. The predicted molar refractivity (Wildman–Crippen MR) is 77.1 cm³/mol. The molecule has 2 rings (SSSR count). The van der Waals surface area contributed by atoms with Crippen molar-refractivity contribution in [2.75, 3.05) is 0 Å². The molecule has 0 aliphatic carbocycles. The van der Waals surface area contributed by atoms with Crippen LogP contribution in [0.2, 0.25) is 0 Å². The fourth-order valence-electron chi connectivity index (χ4n) is 1.96. The topological polar surface area (TPSA) is 61.2 Å². The SMILES string of the molecule is CCC(C)C(=N)C(=O)c1ccc2cc(O)ccc2c1. The summed E-state index contributed by atoms with van der Waals surface area (Å²) in [5.41, 5.74) is 0.684. The quantitative estimate of drug-likeness (QED) is 0.645. The number of rotatable bonds is 4. The van der Waals surface area contributed by atoms with Gasteiger partial charge < -0.3 is 10.5 Å². The Morgan fingerprint density at radius 2 is 1.84 bits per heavy atom. The first kappa shape index (κ1) is 13.3. The maximum Gasteiger partial charge on any atom is 0.206 e. The minimum atomic E-state index is -0.218. The van der Waals surface area contributed by atoms with E-state index in [-0.39, 0.29) is 23.2 Å². The maximum atomic E-state index is 12.2. The lowest BCUT2D eigenvalue weighted by Gasteiger charge is -2.10. The number of nitrogens with one attached hydrogen (secondary N) is 1. The number of fused-ring (bicyclic) bond motifs is 1. The van der Waals surface area contributed by atoms with E-state index < -0.39 is 0 Å². The highest BCUT2D eigenvalue weighted by Gasteiger charge is 2.17. The third kappa shape index (κ3) is 2.65. The Labute approximate surface area is 112 Å². The van der Waals surface area contributed by atoms with Gasteiger partial charge in [-0.1, -0.05) is 32.0 Å². The molecule has 0 heterocycles. The molecule has 3 heteroatoms. The standard InChI is InChI=1S/C16H17NO2/c1-3-10(2)15(17)16(19)13-5-4-12-9-14(18)7-6-11(12)8-13/h4-10,17-18H,3H2,1-2H3. The fraction of sp³-hybridized carbons (Fsp3) is 0.250. The fourth-order valence-corrected chi connectivity index (χ4v) is 1.96. The number of phenols is 1. The third-order valence-electron chi connectivity index (χ3n) is 3.44. The number of hydrogen-bond donors (Lipinski definition) is 2. The molecular weight excluding hydrogens is 238 g/mol. The normalized spacial score (nSPS) is 12.3. The molecule has 0 fully saturated rings. The summed E-state index contributed by atoms with van der Waals surface area (Å²) in [6, 6.07) is 10.3. The van der Waals surface area contributed by atoms with E-state index in [0.29, 0.717) is 5.56 Å². The highest BCUT2D eigenvalue weighted by Crippen LogP contribution is 2.22. The Morgan fingerprint density at radius 1 is 1.21 bits per heavy atom. The van der Waals surface area contributed by atoms with Gasteiger partial charge in [-0.25, -0.2) is 0 Å². The summed E-state index contributed by atoms with van der Waals surface area (Å²) < 4.78 is 0. The van der Waals surface area contributed by atoms with Gasteiger partial charge >= 0.3 is 0 Å². The monoisotopic (exact) mass is 255 g/mol. The summed E-state index contributed by atoms with van der Waals surface area (Å²) in [5, 5.41) is 19.1. The molecule has 2 aromatic carbocycles. The van der Waals surface area contributed by atoms with Gasteiger partial charge in [0.05, 0.1) is 5.71 Å². The molecule has 1 atom stereocenters. The molecule has 19 heavy (non-hydrogen) atoms. The van der Waals surface area contributed by atoms with E-state index in [1.807, 2.05) is 13.8 Å². The van der Waals surface area contributed by atoms with Crippen LogP contribution in [-0.4, -0.2) is 16.6 Å². The van der Waals surface area contributed by atoms with Crippen molar-refractivity contribution in [1.29, 1.82) is 5.41 Å². The zero-order valence-corrected chi connectivity index (χ0v) is 11.1. The van der Waals surface area contributed by atoms with Gasteiger partial charge in [-0.3, -0.25) is 4.79 Å². The first-order chi connectivity index (χ1) is 9.02. The number of carbonyl (C=O) groups is 1. The van der Waals surface area contributed by atoms with Crippen molar-refractivity contribution < 1.29 is 9.90 Å². The van der Waals surface area contributed by atoms with Crippen molar-refractivity contribution in [3.8, 4) is 5.75 Å². The number of benzene rings is 2. The van der Waals surface area contributed by atoms with Crippen LogP contribution >= 0.6 is 0 Å². The Balaban J connectivity index is 2.38. The second-order valence-electron chi connectivity index (χ2n) is 4.80. The van der Waals surface area contributed by atoms with Crippen LogP contribution in [0.1, 0.15) is 30.6 Å². The van der Waals surface area contributed by atoms with Crippen LogP contribution < -0.4 is 0 Å². The van der Waals surface area contributed by atoms with E-state index in [0.717, 1.165) is 17.2 Å². The average Bonchev–Trinajstić information content (AvgIpc) is 2.44. The summed E-state index contributed by atoms with van der Waals surface area (Å²) in [4.78, 5) is 12.2. The molecule has 3 nitrogen and oxygen atoms in total. The van der Waals surface area contributed by atoms with Gasteiger partial charge in [0, 0.05) is 11.5 Å². The van der Waals surface area contributed by atoms with Crippen molar-refractivity contribution in [1.82, 2.24) is 0 Å². The molecule has 0 bridgehead atoms. The number of ketones is 1. The molecule has 0 amide bonds. The Hall–Kier alpha value is -2.16. The van der Waals surface area contributed by atoms with Crippen LogP contribution in [0.15, 0.2) is 36.4 Å². The van der Waals surface area contributed by atoms with Gasteiger partial charge in [0.15, 0.2) is 0 Å². The van der Waals surface area contributed by atoms with Crippen molar-refractivity contribution in [2.45, 2.75) is 20.3 Å². The molecule has 0 radical (unpaired) electrons. The van der Waals surface area contributed by atoms with Gasteiger partial charge in [0.25, 0.3) is 0 Å². The van der Waals surface area contributed by atoms with E-state index >= 15 is 0 Å². The molecule has 2 aromatic rings. The summed E-state index contributed by atoms with van der Waals surface area (Å²) in [6.45, 7) is 3.86. The molecule has 0 aliphatic rings. The van der Waals surface area contributed by atoms with E-state index in [4.69, 9.17) is 5.41 Å². The highest BCUT2D eigenvalue weighted by atomic mass is 16.3. The smallest absolute Gasteiger partial charge is 0.206 e. The van der Waals surface area contributed by atoms with E-state index in [2.05, 4.69) is 0 Å². The van der Waals surface area contributed by atoms with Gasteiger partial charge in [-0.15, -0.1) is 0 Å². The molecular formula is C16H17NO2. The van der Waals surface area contributed by atoms with Gasteiger partial charge in [-0.2, -0.15) is 0 Å². The summed E-state index contributed by atoms with van der Waals surface area (Å²) >= 11 is 0. The van der Waals surface area contributed by atoms with Gasteiger partial charge in [0.2, 0.25) is 5.78 Å². The van der Waals surface area contributed by atoms with Crippen molar-refractivity contribution in [2.24, 2.45) is 5.92 Å². The zero-order valence-electron chi connectivity index (χ0n) is 11.1. The van der Waals surface area contributed by atoms with Crippen molar-refractivity contribution in [3.63, 3.8) is 0 Å². The lowest BCUT2D eigenvalue weighted by molar-refractivity contribution is 0.106. The number of hydrogen-bond acceptors (Lipinski definition) is 3.